The number of ketones is 1. The van der Waals surface area contributed by atoms with Crippen LogP contribution in [0.5, 0.6) is 0 Å². The van der Waals surface area contributed by atoms with Crippen molar-refractivity contribution in [1.82, 2.24) is 9.55 Å². The molecule has 1 unspecified atom stereocenters. The SMILES string of the molecule is Cc1cc2n(c1C(=O)c1ccc(Cl)[nH]1)CCC2C(=O)O. The molecule has 0 saturated heterocycles. The van der Waals surface area contributed by atoms with E-state index < -0.39 is 11.9 Å². The van der Waals surface area contributed by atoms with E-state index in [1.54, 1.807) is 18.2 Å². The average Bonchev–Trinajstić information content (AvgIpc) is 3.02. The fourth-order valence-electron chi connectivity index (χ4n) is 2.83. The number of aliphatic carboxylic acids is 1. The summed E-state index contributed by atoms with van der Waals surface area (Å²) < 4.78 is 1.81. The van der Waals surface area contributed by atoms with Crippen molar-refractivity contribution in [2.75, 3.05) is 0 Å². The fraction of sp³-hybridized carbons (Fsp3) is 0.286. The lowest BCUT2D eigenvalue weighted by molar-refractivity contribution is -0.138. The molecule has 2 N–H and O–H groups in total. The highest BCUT2D eigenvalue weighted by atomic mass is 35.5. The third kappa shape index (κ3) is 1.86. The molecule has 2 aromatic rings. The van der Waals surface area contributed by atoms with Crippen LogP contribution in [0.4, 0.5) is 0 Å². The molecule has 5 nitrogen and oxygen atoms in total. The molecule has 0 radical (unpaired) electrons. The van der Waals surface area contributed by atoms with Gasteiger partial charge in [0.1, 0.15) is 5.15 Å². The predicted octanol–water partition coefficient (Wildman–Crippen LogP) is 2.58. The van der Waals surface area contributed by atoms with Gasteiger partial charge in [0.05, 0.1) is 17.3 Å². The fourth-order valence-corrected chi connectivity index (χ4v) is 2.99. The lowest BCUT2D eigenvalue weighted by atomic mass is 10.0. The van der Waals surface area contributed by atoms with Crippen molar-refractivity contribution in [3.63, 3.8) is 0 Å². The van der Waals surface area contributed by atoms with E-state index in [-0.39, 0.29) is 5.78 Å². The van der Waals surface area contributed by atoms with Gasteiger partial charge in [0.25, 0.3) is 0 Å². The number of carboxylic acid groups (broad SMARTS) is 1. The van der Waals surface area contributed by atoms with Gasteiger partial charge in [-0.25, -0.2) is 0 Å². The highest BCUT2D eigenvalue weighted by Crippen LogP contribution is 2.33. The second-order valence-corrected chi connectivity index (χ2v) is 5.39. The van der Waals surface area contributed by atoms with Gasteiger partial charge in [-0.2, -0.15) is 0 Å². The number of carbonyl (C=O) groups is 2. The van der Waals surface area contributed by atoms with Crippen molar-refractivity contribution in [1.29, 1.82) is 0 Å². The molecule has 0 saturated carbocycles. The first-order valence-electron chi connectivity index (χ1n) is 6.31. The Hall–Kier alpha value is -2.01. The maximum Gasteiger partial charge on any atom is 0.312 e. The topological polar surface area (TPSA) is 75.1 Å². The van der Waals surface area contributed by atoms with Gasteiger partial charge in [0.15, 0.2) is 0 Å². The zero-order chi connectivity index (χ0) is 14.4. The van der Waals surface area contributed by atoms with Crippen molar-refractivity contribution in [2.45, 2.75) is 25.8 Å². The molecule has 20 heavy (non-hydrogen) atoms. The molecule has 0 amide bonds. The normalized spacial score (nSPS) is 17.2. The Balaban J connectivity index is 2.06. The first kappa shape index (κ1) is 13.0. The van der Waals surface area contributed by atoms with E-state index in [2.05, 4.69) is 4.98 Å². The standard InChI is InChI=1S/C14H13ClN2O3/c1-7-6-10-8(14(19)20)4-5-17(10)12(7)13(18)9-2-3-11(15)16-9/h2-3,6,8,16H,4-5H2,1H3,(H,19,20). The van der Waals surface area contributed by atoms with Crippen LogP contribution in [0.25, 0.3) is 0 Å². The van der Waals surface area contributed by atoms with E-state index in [4.69, 9.17) is 11.6 Å². The van der Waals surface area contributed by atoms with E-state index in [0.717, 1.165) is 5.56 Å². The van der Waals surface area contributed by atoms with E-state index in [9.17, 15) is 14.7 Å². The lowest BCUT2D eigenvalue weighted by Crippen LogP contribution is -2.11. The molecule has 1 aliphatic heterocycles. The number of aromatic amines is 1. The quantitative estimate of drug-likeness (QED) is 0.854. The number of hydrogen-bond donors (Lipinski definition) is 2. The van der Waals surface area contributed by atoms with Crippen LogP contribution in [0.1, 0.15) is 39.8 Å². The smallest absolute Gasteiger partial charge is 0.312 e. The van der Waals surface area contributed by atoms with Gasteiger partial charge in [-0.1, -0.05) is 11.6 Å². The van der Waals surface area contributed by atoms with Crippen molar-refractivity contribution < 1.29 is 14.7 Å². The summed E-state index contributed by atoms with van der Waals surface area (Å²) in [5, 5.41) is 9.60. The van der Waals surface area contributed by atoms with Gasteiger partial charge < -0.3 is 14.7 Å². The first-order valence-corrected chi connectivity index (χ1v) is 6.69. The van der Waals surface area contributed by atoms with E-state index >= 15 is 0 Å². The summed E-state index contributed by atoms with van der Waals surface area (Å²) in [6.45, 7) is 2.37. The number of hydrogen-bond acceptors (Lipinski definition) is 2. The van der Waals surface area contributed by atoms with Gasteiger partial charge in [-0.3, -0.25) is 9.59 Å². The number of nitrogens with one attached hydrogen (secondary N) is 1. The van der Waals surface area contributed by atoms with Crippen LogP contribution in [0.2, 0.25) is 5.15 Å². The van der Waals surface area contributed by atoms with Crippen molar-refractivity contribution in [3.8, 4) is 0 Å². The van der Waals surface area contributed by atoms with Crippen LogP contribution in [-0.2, 0) is 11.3 Å². The predicted molar refractivity (Wildman–Crippen MR) is 73.4 cm³/mol. The lowest BCUT2D eigenvalue weighted by Gasteiger charge is -2.05. The Morgan fingerprint density at radius 2 is 2.20 bits per heavy atom. The minimum atomic E-state index is -0.844. The van der Waals surface area contributed by atoms with E-state index in [1.165, 1.54) is 0 Å². The largest absolute Gasteiger partial charge is 0.481 e. The summed E-state index contributed by atoms with van der Waals surface area (Å²) in [6, 6.07) is 5.05. The highest BCUT2D eigenvalue weighted by Gasteiger charge is 2.33. The van der Waals surface area contributed by atoms with Crippen LogP contribution in [-0.4, -0.2) is 26.4 Å². The number of carboxylic acids is 1. The second kappa shape index (κ2) is 4.52. The molecule has 3 rings (SSSR count). The van der Waals surface area contributed by atoms with E-state index in [1.807, 2.05) is 11.5 Å². The zero-order valence-electron chi connectivity index (χ0n) is 10.8. The zero-order valence-corrected chi connectivity index (χ0v) is 11.6. The number of aryl methyl sites for hydroxylation is 1. The second-order valence-electron chi connectivity index (χ2n) is 4.98. The monoisotopic (exact) mass is 292 g/mol. The maximum absolute atomic E-state index is 12.5. The molecule has 104 valence electrons. The Kier molecular flexibility index (Phi) is 2.94. The van der Waals surface area contributed by atoms with Crippen molar-refractivity contribution in [2.24, 2.45) is 0 Å². The number of H-pyrrole nitrogens is 1. The Bertz CT molecular complexity index is 714. The van der Waals surface area contributed by atoms with Crippen LogP contribution in [0.3, 0.4) is 0 Å². The molecule has 6 heteroatoms. The molecule has 0 fully saturated rings. The summed E-state index contributed by atoms with van der Waals surface area (Å²) in [7, 11) is 0. The first-order chi connectivity index (χ1) is 9.49. The molecule has 0 aromatic carbocycles. The van der Waals surface area contributed by atoms with Crippen LogP contribution in [0.15, 0.2) is 18.2 Å². The van der Waals surface area contributed by atoms with Gasteiger partial charge in [0, 0.05) is 12.2 Å². The summed E-state index contributed by atoms with van der Waals surface area (Å²) in [4.78, 5) is 26.5. The molecule has 1 aliphatic rings. The van der Waals surface area contributed by atoms with Gasteiger partial charge in [0.2, 0.25) is 5.78 Å². The molecule has 0 aliphatic carbocycles. The summed E-state index contributed by atoms with van der Waals surface area (Å²) in [5.41, 5.74) is 2.46. The number of nitrogens with zero attached hydrogens (tertiary/aromatic N) is 1. The molecule has 2 aromatic heterocycles. The molecule has 3 heterocycles. The van der Waals surface area contributed by atoms with Crippen LogP contribution >= 0.6 is 11.6 Å². The average molecular weight is 293 g/mol. The number of carbonyl (C=O) groups excluding carboxylic acids is 1. The van der Waals surface area contributed by atoms with Crippen molar-refractivity contribution in [3.05, 3.63) is 46.0 Å². The Labute approximate surface area is 120 Å². The Morgan fingerprint density at radius 1 is 1.45 bits per heavy atom. The third-order valence-corrected chi connectivity index (χ3v) is 3.95. The molecular weight excluding hydrogens is 280 g/mol. The molecule has 1 atom stereocenters. The number of rotatable bonds is 3. The minimum Gasteiger partial charge on any atom is -0.481 e. The Morgan fingerprint density at radius 3 is 2.80 bits per heavy atom. The molecular formula is C14H13ClN2O3. The maximum atomic E-state index is 12.5. The van der Waals surface area contributed by atoms with Crippen LogP contribution < -0.4 is 0 Å². The van der Waals surface area contributed by atoms with Crippen LogP contribution in [0, 0.1) is 6.92 Å². The highest BCUT2D eigenvalue weighted by molar-refractivity contribution is 6.29. The number of aromatic nitrogens is 2. The molecule has 0 spiro atoms. The van der Waals surface area contributed by atoms with E-state index in [0.29, 0.717) is 35.2 Å². The summed E-state index contributed by atoms with van der Waals surface area (Å²) in [6.07, 6.45) is 0.525. The van der Waals surface area contributed by atoms with Crippen molar-refractivity contribution >= 4 is 23.4 Å². The van der Waals surface area contributed by atoms with Gasteiger partial charge in [-0.05, 0) is 37.1 Å². The summed E-state index contributed by atoms with van der Waals surface area (Å²) in [5.74, 6) is -1.53. The summed E-state index contributed by atoms with van der Waals surface area (Å²) >= 11 is 5.80. The number of fused-ring (bicyclic) bond motifs is 1. The third-order valence-electron chi connectivity index (χ3n) is 3.73. The van der Waals surface area contributed by atoms with Gasteiger partial charge in [-0.15, -0.1) is 0 Å². The van der Waals surface area contributed by atoms with Gasteiger partial charge >= 0.3 is 5.97 Å². The minimum absolute atomic E-state index is 0.160. The molecule has 0 bridgehead atoms. The number of halogens is 1.